The fraction of sp³-hybridized carbons (Fsp3) is 0.188. The van der Waals surface area contributed by atoms with E-state index in [4.69, 9.17) is 0 Å². The van der Waals surface area contributed by atoms with Crippen molar-refractivity contribution in [3.8, 4) is 0 Å². The van der Waals surface area contributed by atoms with Gasteiger partial charge in [0.1, 0.15) is 11.6 Å². The molecule has 0 unspecified atom stereocenters. The van der Waals surface area contributed by atoms with Crippen LogP contribution in [0, 0.1) is 11.6 Å². The summed E-state index contributed by atoms with van der Waals surface area (Å²) >= 11 is 0. The van der Waals surface area contributed by atoms with E-state index in [0.29, 0.717) is 17.8 Å². The van der Waals surface area contributed by atoms with Crippen molar-refractivity contribution >= 4 is 17.2 Å². The lowest BCUT2D eigenvalue weighted by Gasteiger charge is -2.24. The van der Waals surface area contributed by atoms with Gasteiger partial charge in [-0.05, 0) is 44.2 Å². The van der Waals surface area contributed by atoms with Crippen LogP contribution in [0.1, 0.15) is 24.2 Å². The molecule has 0 fully saturated rings. The van der Waals surface area contributed by atoms with E-state index in [9.17, 15) is 13.6 Å². The molecule has 0 heterocycles. The maximum absolute atomic E-state index is 14.1. The van der Waals surface area contributed by atoms with E-state index in [2.05, 4.69) is 0 Å². The highest BCUT2D eigenvalue weighted by Gasteiger charge is 2.16. The molecule has 0 radical (unpaired) electrons. The summed E-state index contributed by atoms with van der Waals surface area (Å²) in [7, 11) is 0. The molecular weight excluding hydrogens is 260 g/mol. The lowest BCUT2D eigenvalue weighted by Crippen LogP contribution is -2.18. The van der Waals surface area contributed by atoms with Gasteiger partial charge in [-0.25, -0.2) is 8.78 Å². The van der Waals surface area contributed by atoms with Crippen LogP contribution in [0.3, 0.4) is 0 Å². The average Bonchev–Trinajstić information content (AvgIpc) is 2.43. The predicted molar refractivity (Wildman–Crippen MR) is 75.5 cm³/mol. The number of carbonyl (C=O) groups excluding carboxylic acids is 1. The van der Waals surface area contributed by atoms with Crippen LogP contribution >= 0.6 is 0 Å². The van der Waals surface area contributed by atoms with Gasteiger partial charge in [-0.1, -0.05) is 12.1 Å². The zero-order chi connectivity index (χ0) is 14.7. The lowest BCUT2D eigenvalue weighted by molar-refractivity contribution is 0.101. The fourth-order valence-electron chi connectivity index (χ4n) is 2.09. The number of Topliss-reactive ketones (excluding diaryl/α,β-unsaturated/α-hetero) is 1. The molecule has 0 amide bonds. The van der Waals surface area contributed by atoms with Gasteiger partial charge >= 0.3 is 0 Å². The topological polar surface area (TPSA) is 20.3 Å². The molecule has 2 rings (SSSR count). The highest BCUT2D eigenvalue weighted by atomic mass is 19.1. The molecular formula is C16H15F2NO. The smallest absolute Gasteiger partial charge is 0.159 e. The predicted octanol–water partition coefficient (Wildman–Crippen LogP) is 4.33. The van der Waals surface area contributed by atoms with Crippen molar-refractivity contribution in [3.63, 3.8) is 0 Å². The number of benzene rings is 2. The number of para-hydroxylation sites is 1. The Morgan fingerprint density at radius 3 is 2.25 bits per heavy atom. The Hall–Kier alpha value is -2.23. The molecule has 20 heavy (non-hydrogen) atoms. The molecule has 0 aliphatic heterocycles. The Labute approximate surface area is 116 Å². The molecule has 0 bridgehead atoms. The molecule has 2 aromatic carbocycles. The van der Waals surface area contributed by atoms with Crippen molar-refractivity contribution in [1.29, 1.82) is 0 Å². The summed E-state index contributed by atoms with van der Waals surface area (Å²) in [6.07, 6.45) is 0. The molecule has 0 N–H and O–H groups in total. The Morgan fingerprint density at radius 1 is 1.05 bits per heavy atom. The van der Waals surface area contributed by atoms with Crippen molar-refractivity contribution in [1.82, 2.24) is 0 Å². The Kier molecular flexibility index (Phi) is 4.13. The first-order valence-corrected chi connectivity index (χ1v) is 6.37. The van der Waals surface area contributed by atoms with Crippen LogP contribution in [0.5, 0.6) is 0 Å². The maximum Gasteiger partial charge on any atom is 0.159 e. The van der Waals surface area contributed by atoms with Crippen LogP contribution in [-0.2, 0) is 0 Å². The molecule has 0 atom stereocenters. The van der Waals surface area contributed by atoms with Crippen LogP contribution in [0.4, 0.5) is 20.2 Å². The van der Waals surface area contributed by atoms with Gasteiger partial charge in [-0.2, -0.15) is 0 Å². The summed E-state index contributed by atoms with van der Waals surface area (Å²) in [6, 6.07) is 10.4. The minimum Gasteiger partial charge on any atom is -0.337 e. The SMILES string of the molecule is CCN(c1ccccc1F)c1ccc(C(C)=O)cc1F. The number of halogens is 2. The van der Waals surface area contributed by atoms with Gasteiger partial charge in [0, 0.05) is 12.1 Å². The molecule has 0 aliphatic rings. The molecule has 2 aromatic rings. The highest BCUT2D eigenvalue weighted by Crippen LogP contribution is 2.30. The van der Waals surface area contributed by atoms with E-state index in [1.165, 1.54) is 30.0 Å². The number of hydrogen-bond donors (Lipinski definition) is 0. The fourth-order valence-corrected chi connectivity index (χ4v) is 2.09. The van der Waals surface area contributed by atoms with Gasteiger partial charge < -0.3 is 4.90 Å². The summed E-state index contributed by atoms with van der Waals surface area (Å²) in [6.45, 7) is 3.60. The third kappa shape index (κ3) is 2.69. The number of rotatable bonds is 4. The number of hydrogen-bond acceptors (Lipinski definition) is 2. The molecule has 0 spiro atoms. The summed E-state index contributed by atoms with van der Waals surface area (Å²) in [5.41, 5.74) is 0.864. The Morgan fingerprint density at radius 2 is 1.70 bits per heavy atom. The molecule has 2 nitrogen and oxygen atoms in total. The second-order valence-corrected chi connectivity index (χ2v) is 4.42. The van der Waals surface area contributed by atoms with E-state index in [1.54, 1.807) is 24.3 Å². The zero-order valence-corrected chi connectivity index (χ0v) is 11.4. The average molecular weight is 275 g/mol. The number of nitrogens with zero attached hydrogens (tertiary/aromatic N) is 1. The molecule has 0 aliphatic carbocycles. The normalized spacial score (nSPS) is 10.4. The highest BCUT2D eigenvalue weighted by molar-refractivity contribution is 5.94. The van der Waals surface area contributed by atoms with Gasteiger partial charge in [0.2, 0.25) is 0 Å². The van der Waals surface area contributed by atoms with Crippen molar-refractivity contribution in [3.05, 3.63) is 59.7 Å². The van der Waals surface area contributed by atoms with Crippen molar-refractivity contribution in [2.75, 3.05) is 11.4 Å². The van der Waals surface area contributed by atoms with E-state index >= 15 is 0 Å². The standard InChI is InChI=1S/C16H15F2NO/c1-3-19(15-7-5-4-6-13(15)17)16-9-8-12(11(2)20)10-14(16)18/h4-10H,3H2,1-2H3. The zero-order valence-electron chi connectivity index (χ0n) is 11.4. The summed E-state index contributed by atoms with van der Waals surface area (Å²) in [4.78, 5) is 12.8. The molecule has 0 aromatic heterocycles. The van der Waals surface area contributed by atoms with Crippen LogP contribution in [0.15, 0.2) is 42.5 Å². The number of ketones is 1. The first kappa shape index (κ1) is 14.2. The molecule has 0 saturated heterocycles. The van der Waals surface area contributed by atoms with Crippen LogP contribution in [0.2, 0.25) is 0 Å². The van der Waals surface area contributed by atoms with Gasteiger partial charge in [-0.15, -0.1) is 0 Å². The lowest BCUT2D eigenvalue weighted by atomic mass is 10.1. The van der Waals surface area contributed by atoms with Gasteiger partial charge in [0.25, 0.3) is 0 Å². The van der Waals surface area contributed by atoms with E-state index in [-0.39, 0.29) is 11.5 Å². The maximum atomic E-state index is 14.1. The largest absolute Gasteiger partial charge is 0.337 e. The van der Waals surface area contributed by atoms with E-state index in [1.807, 2.05) is 6.92 Å². The minimum atomic E-state index is -0.539. The summed E-state index contributed by atoms with van der Waals surface area (Å²) < 4.78 is 28.0. The van der Waals surface area contributed by atoms with Gasteiger partial charge in [0.15, 0.2) is 5.78 Å². The summed E-state index contributed by atoms with van der Waals surface area (Å²) in [5, 5.41) is 0. The second-order valence-electron chi connectivity index (χ2n) is 4.42. The molecule has 0 saturated carbocycles. The van der Waals surface area contributed by atoms with Crippen molar-refractivity contribution in [2.45, 2.75) is 13.8 Å². The van der Waals surface area contributed by atoms with Crippen molar-refractivity contribution in [2.24, 2.45) is 0 Å². The summed E-state index contributed by atoms with van der Waals surface area (Å²) in [5.74, 6) is -1.16. The first-order valence-electron chi connectivity index (χ1n) is 6.37. The van der Waals surface area contributed by atoms with Crippen molar-refractivity contribution < 1.29 is 13.6 Å². The van der Waals surface area contributed by atoms with E-state index in [0.717, 1.165) is 0 Å². The first-order chi connectivity index (χ1) is 9.54. The quantitative estimate of drug-likeness (QED) is 0.774. The minimum absolute atomic E-state index is 0.204. The molecule has 4 heteroatoms. The van der Waals surface area contributed by atoms with Gasteiger partial charge in [-0.3, -0.25) is 4.79 Å². The van der Waals surface area contributed by atoms with E-state index < -0.39 is 11.6 Å². The Balaban J connectivity index is 2.48. The molecule has 104 valence electrons. The third-order valence-electron chi connectivity index (χ3n) is 3.10. The number of anilines is 2. The van der Waals surface area contributed by atoms with Crippen LogP contribution in [0.25, 0.3) is 0 Å². The van der Waals surface area contributed by atoms with Crippen LogP contribution in [-0.4, -0.2) is 12.3 Å². The Bertz CT molecular complexity index is 640. The second kappa shape index (κ2) is 5.82. The van der Waals surface area contributed by atoms with Crippen LogP contribution < -0.4 is 4.90 Å². The number of carbonyl (C=O) groups is 1. The third-order valence-corrected chi connectivity index (χ3v) is 3.10. The van der Waals surface area contributed by atoms with Gasteiger partial charge in [0.05, 0.1) is 11.4 Å². The monoisotopic (exact) mass is 275 g/mol.